The molecule has 0 unspecified atom stereocenters. The fourth-order valence-electron chi connectivity index (χ4n) is 1.50. The van der Waals surface area contributed by atoms with Gasteiger partial charge in [0, 0.05) is 6.54 Å². The van der Waals surface area contributed by atoms with Crippen LogP contribution < -0.4 is 4.74 Å². The van der Waals surface area contributed by atoms with E-state index in [9.17, 15) is 4.79 Å². The molecule has 0 aromatic heterocycles. The number of hydrogen-bond acceptors (Lipinski definition) is 3. The molecule has 4 heteroatoms. The number of likely N-dealkylation sites (N-methyl/N-ethyl adjacent to an activating group) is 1. The van der Waals surface area contributed by atoms with Crippen molar-refractivity contribution in [1.29, 1.82) is 0 Å². The average Bonchev–Trinajstić information content (AvgIpc) is 2.23. The third kappa shape index (κ3) is 4.44. The summed E-state index contributed by atoms with van der Waals surface area (Å²) in [5, 5.41) is 8.60. The van der Waals surface area contributed by atoms with Gasteiger partial charge in [0.2, 0.25) is 0 Å². The number of carboxylic acid groups (broad SMARTS) is 1. The first kappa shape index (κ1) is 13.5. The Kier molecular flexibility index (Phi) is 4.97. The van der Waals surface area contributed by atoms with E-state index >= 15 is 0 Å². The molecule has 1 aromatic carbocycles. The summed E-state index contributed by atoms with van der Waals surface area (Å²) < 4.78 is 5.64. The van der Waals surface area contributed by atoms with E-state index < -0.39 is 5.97 Å². The van der Waals surface area contributed by atoms with Gasteiger partial charge in [0.15, 0.2) is 0 Å². The molecule has 0 spiro atoms. The lowest BCUT2D eigenvalue weighted by atomic mass is 10.1. The number of rotatable bonds is 6. The van der Waals surface area contributed by atoms with Crippen molar-refractivity contribution in [3.63, 3.8) is 0 Å². The molecule has 94 valence electrons. The highest BCUT2D eigenvalue weighted by molar-refractivity contribution is 5.68. The molecule has 1 rings (SSSR count). The summed E-state index contributed by atoms with van der Waals surface area (Å²) in [7, 11) is 1.76. The lowest BCUT2D eigenvalue weighted by molar-refractivity contribution is -0.138. The smallest absolute Gasteiger partial charge is 0.317 e. The van der Waals surface area contributed by atoms with Crippen molar-refractivity contribution in [3.05, 3.63) is 29.3 Å². The van der Waals surface area contributed by atoms with Gasteiger partial charge in [-0.25, -0.2) is 0 Å². The van der Waals surface area contributed by atoms with Crippen LogP contribution in [0.15, 0.2) is 18.2 Å². The first-order valence-corrected chi connectivity index (χ1v) is 5.60. The summed E-state index contributed by atoms with van der Waals surface area (Å²) in [5.41, 5.74) is 2.33. The van der Waals surface area contributed by atoms with Gasteiger partial charge in [-0.3, -0.25) is 9.69 Å². The van der Waals surface area contributed by atoms with Crippen molar-refractivity contribution in [1.82, 2.24) is 4.90 Å². The molecule has 17 heavy (non-hydrogen) atoms. The Morgan fingerprint density at radius 2 is 2.12 bits per heavy atom. The summed E-state index contributed by atoms with van der Waals surface area (Å²) >= 11 is 0. The maximum Gasteiger partial charge on any atom is 0.317 e. The summed E-state index contributed by atoms with van der Waals surface area (Å²) in [6.07, 6.45) is 0. The van der Waals surface area contributed by atoms with Crippen molar-refractivity contribution < 1.29 is 14.6 Å². The number of carbonyl (C=O) groups is 1. The molecule has 1 aromatic rings. The van der Waals surface area contributed by atoms with E-state index in [-0.39, 0.29) is 6.54 Å². The molecule has 0 fully saturated rings. The number of nitrogens with zero attached hydrogens (tertiary/aromatic N) is 1. The zero-order chi connectivity index (χ0) is 12.8. The second-order valence-electron chi connectivity index (χ2n) is 4.18. The molecular formula is C13H19NO3. The van der Waals surface area contributed by atoms with Crippen LogP contribution in [0.5, 0.6) is 5.75 Å². The van der Waals surface area contributed by atoms with Crippen LogP contribution in [0.2, 0.25) is 0 Å². The van der Waals surface area contributed by atoms with Crippen LogP contribution in [-0.2, 0) is 4.79 Å². The maximum atomic E-state index is 10.5. The highest BCUT2D eigenvalue weighted by Crippen LogP contribution is 2.20. The highest BCUT2D eigenvalue weighted by atomic mass is 16.5. The van der Waals surface area contributed by atoms with Crippen molar-refractivity contribution >= 4 is 5.97 Å². The van der Waals surface area contributed by atoms with Crippen molar-refractivity contribution in [2.24, 2.45) is 0 Å². The molecule has 0 saturated carbocycles. The van der Waals surface area contributed by atoms with Gasteiger partial charge in [0.1, 0.15) is 12.4 Å². The number of benzene rings is 1. The van der Waals surface area contributed by atoms with Crippen LogP contribution in [0.1, 0.15) is 11.1 Å². The molecule has 0 aliphatic heterocycles. The van der Waals surface area contributed by atoms with Crippen LogP contribution in [0.4, 0.5) is 0 Å². The SMILES string of the molecule is Cc1cccc(OCCN(C)CC(=O)O)c1C. The quantitative estimate of drug-likeness (QED) is 0.818. The minimum absolute atomic E-state index is 0.0379. The highest BCUT2D eigenvalue weighted by Gasteiger charge is 2.05. The van der Waals surface area contributed by atoms with Crippen LogP contribution in [0.25, 0.3) is 0 Å². The van der Waals surface area contributed by atoms with Crippen molar-refractivity contribution in [3.8, 4) is 5.75 Å². The van der Waals surface area contributed by atoms with E-state index in [0.717, 1.165) is 11.3 Å². The Balaban J connectivity index is 2.41. The van der Waals surface area contributed by atoms with Crippen molar-refractivity contribution in [2.75, 3.05) is 26.7 Å². The van der Waals surface area contributed by atoms with E-state index in [2.05, 4.69) is 0 Å². The van der Waals surface area contributed by atoms with Crippen molar-refractivity contribution in [2.45, 2.75) is 13.8 Å². The lowest BCUT2D eigenvalue weighted by Crippen LogP contribution is -2.29. The van der Waals surface area contributed by atoms with E-state index in [1.165, 1.54) is 5.56 Å². The number of ether oxygens (including phenoxy) is 1. The van der Waals surface area contributed by atoms with Gasteiger partial charge < -0.3 is 9.84 Å². The third-order valence-electron chi connectivity index (χ3n) is 2.69. The Bertz CT molecular complexity index is 390. The fourth-order valence-corrected chi connectivity index (χ4v) is 1.50. The van der Waals surface area contributed by atoms with Gasteiger partial charge >= 0.3 is 5.97 Å². The first-order valence-electron chi connectivity index (χ1n) is 5.60. The molecule has 0 aliphatic rings. The molecule has 0 atom stereocenters. The van der Waals surface area contributed by atoms with E-state index in [0.29, 0.717) is 13.2 Å². The van der Waals surface area contributed by atoms with Crippen LogP contribution in [-0.4, -0.2) is 42.7 Å². The minimum Gasteiger partial charge on any atom is -0.492 e. The monoisotopic (exact) mass is 237 g/mol. The molecule has 0 amide bonds. The van der Waals surface area contributed by atoms with Gasteiger partial charge in [0.05, 0.1) is 6.54 Å². The predicted molar refractivity (Wildman–Crippen MR) is 66.5 cm³/mol. The zero-order valence-corrected chi connectivity index (χ0v) is 10.6. The standard InChI is InChI=1S/C13H19NO3/c1-10-5-4-6-12(11(10)2)17-8-7-14(3)9-13(15)16/h4-6H,7-9H2,1-3H3,(H,15,16). The molecule has 0 aliphatic carbocycles. The zero-order valence-electron chi connectivity index (χ0n) is 10.6. The number of carboxylic acids is 1. The Morgan fingerprint density at radius 1 is 1.41 bits per heavy atom. The number of aryl methyl sites for hydroxylation is 1. The lowest BCUT2D eigenvalue weighted by Gasteiger charge is -2.15. The molecular weight excluding hydrogens is 218 g/mol. The minimum atomic E-state index is -0.820. The number of hydrogen-bond donors (Lipinski definition) is 1. The predicted octanol–water partition coefficient (Wildman–Crippen LogP) is 1.70. The molecule has 0 heterocycles. The summed E-state index contributed by atoms with van der Waals surface area (Å²) in [6, 6.07) is 5.93. The van der Waals surface area contributed by atoms with E-state index in [4.69, 9.17) is 9.84 Å². The van der Waals surface area contributed by atoms with E-state index in [1.807, 2.05) is 32.0 Å². The normalized spacial score (nSPS) is 10.6. The largest absolute Gasteiger partial charge is 0.492 e. The van der Waals surface area contributed by atoms with Gasteiger partial charge in [-0.2, -0.15) is 0 Å². The first-order chi connectivity index (χ1) is 8.00. The third-order valence-corrected chi connectivity index (χ3v) is 2.69. The Morgan fingerprint density at radius 3 is 2.76 bits per heavy atom. The molecule has 0 radical (unpaired) electrons. The molecule has 0 saturated heterocycles. The Hall–Kier alpha value is -1.55. The van der Waals surface area contributed by atoms with E-state index in [1.54, 1.807) is 11.9 Å². The van der Waals surface area contributed by atoms with Crippen LogP contribution in [0, 0.1) is 13.8 Å². The van der Waals surface area contributed by atoms with Gasteiger partial charge in [0.25, 0.3) is 0 Å². The summed E-state index contributed by atoms with van der Waals surface area (Å²) in [4.78, 5) is 12.2. The molecule has 0 bridgehead atoms. The number of aliphatic carboxylic acids is 1. The molecule has 1 N–H and O–H groups in total. The maximum absolute atomic E-state index is 10.5. The van der Waals surface area contributed by atoms with Crippen LogP contribution >= 0.6 is 0 Å². The Labute approximate surface area is 102 Å². The van der Waals surface area contributed by atoms with Gasteiger partial charge in [-0.05, 0) is 38.1 Å². The van der Waals surface area contributed by atoms with Gasteiger partial charge in [-0.1, -0.05) is 12.1 Å². The summed E-state index contributed by atoms with van der Waals surface area (Å²) in [5.74, 6) is 0.0490. The second kappa shape index (κ2) is 6.25. The van der Waals surface area contributed by atoms with Crippen LogP contribution in [0.3, 0.4) is 0 Å². The fraction of sp³-hybridized carbons (Fsp3) is 0.462. The molecule has 4 nitrogen and oxygen atoms in total. The second-order valence-corrected chi connectivity index (χ2v) is 4.18. The summed E-state index contributed by atoms with van der Waals surface area (Å²) in [6.45, 7) is 5.19. The average molecular weight is 237 g/mol. The van der Waals surface area contributed by atoms with Gasteiger partial charge in [-0.15, -0.1) is 0 Å². The topological polar surface area (TPSA) is 49.8 Å².